The highest BCUT2D eigenvalue weighted by Crippen LogP contribution is 2.35. The Bertz CT molecular complexity index is 1200. The summed E-state index contributed by atoms with van der Waals surface area (Å²) < 4.78 is 32.7. The number of carbonyl (C=O) groups excluding carboxylic acids is 1. The first-order valence-electron chi connectivity index (χ1n) is 8.89. The maximum atomic E-state index is 13.3. The maximum absolute atomic E-state index is 13.3. The van der Waals surface area contributed by atoms with Gasteiger partial charge in [0.05, 0.1) is 32.8 Å². The van der Waals surface area contributed by atoms with Gasteiger partial charge in [-0.2, -0.15) is 0 Å². The minimum atomic E-state index is -4.12. The van der Waals surface area contributed by atoms with Crippen molar-refractivity contribution < 1.29 is 17.9 Å². The van der Waals surface area contributed by atoms with Gasteiger partial charge in [-0.25, -0.2) is 8.42 Å². The summed E-state index contributed by atoms with van der Waals surface area (Å²) in [6, 6.07) is 17.0. The van der Waals surface area contributed by atoms with Crippen LogP contribution < -0.4 is 14.4 Å². The van der Waals surface area contributed by atoms with Crippen molar-refractivity contribution in [1.29, 1.82) is 0 Å². The van der Waals surface area contributed by atoms with E-state index in [1.165, 1.54) is 37.4 Å². The number of sulfonamides is 1. The van der Waals surface area contributed by atoms with Crippen LogP contribution in [0, 0.1) is 0 Å². The summed E-state index contributed by atoms with van der Waals surface area (Å²) >= 11 is 18.5. The van der Waals surface area contributed by atoms with Gasteiger partial charge in [0.2, 0.25) is 5.91 Å². The molecule has 0 unspecified atom stereocenters. The number of amides is 1. The molecule has 6 nitrogen and oxygen atoms in total. The highest BCUT2D eigenvalue weighted by molar-refractivity contribution is 7.92. The second kappa shape index (κ2) is 9.78. The van der Waals surface area contributed by atoms with Crippen molar-refractivity contribution in [3.63, 3.8) is 0 Å². The number of rotatable bonds is 7. The fourth-order valence-electron chi connectivity index (χ4n) is 2.78. The molecule has 0 heterocycles. The molecule has 3 aromatic carbocycles. The lowest BCUT2D eigenvalue weighted by molar-refractivity contribution is -0.114. The van der Waals surface area contributed by atoms with Crippen molar-refractivity contribution in [1.82, 2.24) is 0 Å². The van der Waals surface area contributed by atoms with E-state index in [1.54, 1.807) is 36.4 Å². The summed E-state index contributed by atoms with van der Waals surface area (Å²) in [5, 5.41) is 3.11. The number of carbonyl (C=O) groups is 1. The number of nitrogens with one attached hydrogen (secondary N) is 1. The monoisotopic (exact) mass is 498 g/mol. The van der Waals surface area contributed by atoms with Gasteiger partial charge >= 0.3 is 0 Å². The fourth-order valence-corrected chi connectivity index (χ4v) is 4.94. The zero-order valence-corrected chi connectivity index (χ0v) is 19.3. The third-order valence-electron chi connectivity index (χ3n) is 4.25. The molecule has 0 bridgehead atoms. The van der Waals surface area contributed by atoms with Crippen molar-refractivity contribution in [2.24, 2.45) is 0 Å². The van der Waals surface area contributed by atoms with E-state index in [0.29, 0.717) is 16.5 Å². The lowest BCUT2D eigenvalue weighted by atomic mass is 10.3. The normalized spacial score (nSPS) is 11.1. The first kappa shape index (κ1) is 23.2. The molecule has 3 aromatic rings. The Balaban J connectivity index is 1.96. The summed E-state index contributed by atoms with van der Waals surface area (Å²) in [7, 11) is -2.64. The van der Waals surface area contributed by atoms with Crippen molar-refractivity contribution in [3.8, 4) is 5.75 Å². The Morgan fingerprint density at radius 3 is 2.32 bits per heavy atom. The van der Waals surface area contributed by atoms with Crippen LogP contribution in [0.3, 0.4) is 0 Å². The summed E-state index contributed by atoms with van der Waals surface area (Å²) in [6.07, 6.45) is 0. The SMILES string of the molecule is COc1ccc(NC(=O)CN(c2cccc(Cl)c2Cl)S(=O)(=O)c2ccccc2)cc1Cl. The summed E-state index contributed by atoms with van der Waals surface area (Å²) in [6.45, 7) is -0.541. The van der Waals surface area contributed by atoms with Crippen molar-refractivity contribution in [2.45, 2.75) is 4.90 Å². The van der Waals surface area contributed by atoms with E-state index in [0.717, 1.165) is 4.31 Å². The number of hydrogen-bond acceptors (Lipinski definition) is 4. The topological polar surface area (TPSA) is 75.7 Å². The largest absolute Gasteiger partial charge is 0.495 e. The predicted octanol–water partition coefficient (Wildman–Crippen LogP) is 5.49. The van der Waals surface area contributed by atoms with Gasteiger partial charge in [0.25, 0.3) is 10.0 Å². The van der Waals surface area contributed by atoms with Gasteiger partial charge in [-0.1, -0.05) is 59.1 Å². The Morgan fingerprint density at radius 1 is 0.968 bits per heavy atom. The van der Waals surface area contributed by atoms with Crippen molar-refractivity contribution in [3.05, 3.63) is 81.8 Å². The lowest BCUT2D eigenvalue weighted by Crippen LogP contribution is -2.38. The predicted molar refractivity (Wildman–Crippen MR) is 124 cm³/mol. The molecule has 0 aromatic heterocycles. The number of anilines is 2. The number of halogens is 3. The number of ether oxygens (including phenoxy) is 1. The first-order chi connectivity index (χ1) is 14.7. The number of benzene rings is 3. The van der Waals surface area contributed by atoms with E-state index in [9.17, 15) is 13.2 Å². The van der Waals surface area contributed by atoms with Gasteiger partial charge < -0.3 is 10.1 Å². The Hall–Kier alpha value is -2.45. The highest BCUT2D eigenvalue weighted by atomic mass is 35.5. The van der Waals surface area contributed by atoms with E-state index in [4.69, 9.17) is 39.5 Å². The van der Waals surface area contributed by atoms with Crippen LogP contribution in [0.1, 0.15) is 0 Å². The van der Waals surface area contributed by atoms with E-state index in [2.05, 4.69) is 5.32 Å². The maximum Gasteiger partial charge on any atom is 0.264 e. The smallest absolute Gasteiger partial charge is 0.264 e. The lowest BCUT2D eigenvalue weighted by Gasteiger charge is -2.25. The van der Waals surface area contributed by atoms with E-state index >= 15 is 0 Å². The number of nitrogens with zero attached hydrogens (tertiary/aromatic N) is 1. The molecule has 0 aliphatic rings. The second-order valence-corrected chi connectivity index (χ2v) is 9.35. The molecule has 0 aliphatic heterocycles. The summed E-state index contributed by atoms with van der Waals surface area (Å²) in [5.41, 5.74) is 0.464. The molecular weight excluding hydrogens is 483 g/mol. The standard InChI is InChI=1S/C21H17Cl3N2O4S/c1-30-19-11-10-14(12-17(19)23)25-20(27)13-26(18-9-5-8-16(22)21(18)24)31(28,29)15-6-3-2-4-7-15/h2-12H,13H2,1H3,(H,25,27). The molecule has 0 fully saturated rings. The van der Waals surface area contributed by atoms with E-state index < -0.39 is 22.5 Å². The van der Waals surface area contributed by atoms with Gasteiger partial charge in [-0.15, -0.1) is 0 Å². The number of methoxy groups -OCH3 is 1. The van der Waals surface area contributed by atoms with E-state index in [-0.39, 0.29) is 20.6 Å². The summed E-state index contributed by atoms with van der Waals surface area (Å²) in [4.78, 5) is 12.8. The molecule has 3 rings (SSSR count). The quantitative estimate of drug-likeness (QED) is 0.466. The van der Waals surface area contributed by atoms with Crippen LogP contribution in [0.25, 0.3) is 0 Å². The Labute approximate surface area is 195 Å². The molecule has 1 N–H and O–H groups in total. The molecule has 10 heteroatoms. The van der Waals surface area contributed by atoms with Crippen molar-refractivity contribution in [2.75, 3.05) is 23.3 Å². The molecule has 1 amide bonds. The molecule has 0 aliphatic carbocycles. The van der Waals surface area contributed by atoms with Crippen LogP contribution in [-0.4, -0.2) is 28.0 Å². The molecule has 0 radical (unpaired) electrons. The minimum Gasteiger partial charge on any atom is -0.495 e. The third-order valence-corrected chi connectivity index (χ3v) is 7.13. The molecule has 0 spiro atoms. The first-order valence-corrected chi connectivity index (χ1v) is 11.5. The van der Waals surface area contributed by atoms with Gasteiger partial charge in [0, 0.05) is 5.69 Å². The van der Waals surface area contributed by atoms with E-state index in [1.807, 2.05) is 0 Å². The third kappa shape index (κ3) is 5.25. The van der Waals surface area contributed by atoms with Gasteiger partial charge in [0.15, 0.2) is 0 Å². The molecule has 31 heavy (non-hydrogen) atoms. The van der Waals surface area contributed by atoms with Crippen LogP contribution in [0.4, 0.5) is 11.4 Å². The number of hydrogen-bond donors (Lipinski definition) is 1. The zero-order valence-electron chi connectivity index (χ0n) is 16.2. The molecule has 162 valence electrons. The van der Waals surface area contributed by atoms with Crippen LogP contribution in [0.2, 0.25) is 15.1 Å². The van der Waals surface area contributed by atoms with Crippen molar-refractivity contribution >= 4 is 62.1 Å². The second-order valence-electron chi connectivity index (χ2n) is 6.30. The average Bonchev–Trinajstić information content (AvgIpc) is 2.75. The van der Waals surface area contributed by atoms with Crippen LogP contribution in [0.15, 0.2) is 71.6 Å². The van der Waals surface area contributed by atoms with Crippen LogP contribution in [0.5, 0.6) is 5.75 Å². The Morgan fingerprint density at radius 2 is 1.68 bits per heavy atom. The average molecular weight is 500 g/mol. The van der Waals surface area contributed by atoms with Gasteiger partial charge in [0.1, 0.15) is 12.3 Å². The Kier molecular flexibility index (Phi) is 7.33. The molecule has 0 saturated heterocycles. The molecular formula is C21H17Cl3N2O4S. The van der Waals surface area contributed by atoms with Gasteiger partial charge in [-0.3, -0.25) is 9.10 Å². The molecule has 0 atom stereocenters. The minimum absolute atomic E-state index is 0.00586. The van der Waals surface area contributed by atoms with Crippen LogP contribution in [-0.2, 0) is 14.8 Å². The van der Waals surface area contributed by atoms with Crippen LogP contribution >= 0.6 is 34.8 Å². The van der Waals surface area contributed by atoms with Gasteiger partial charge in [-0.05, 0) is 42.5 Å². The summed E-state index contributed by atoms with van der Waals surface area (Å²) in [5.74, 6) is -0.157. The fraction of sp³-hybridized carbons (Fsp3) is 0.0952. The highest BCUT2D eigenvalue weighted by Gasteiger charge is 2.29. The zero-order chi connectivity index (χ0) is 22.6. The molecule has 0 saturated carbocycles.